The number of benzene rings is 1. The highest BCUT2D eigenvalue weighted by atomic mass is 16.6. The lowest BCUT2D eigenvalue weighted by molar-refractivity contribution is -0.149. The summed E-state index contributed by atoms with van der Waals surface area (Å²) in [6, 6.07) is 10.1. The van der Waals surface area contributed by atoms with E-state index in [0.29, 0.717) is 39.0 Å². The van der Waals surface area contributed by atoms with Crippen molar-refractivity contribution in [2.45, 2.75) is 44.6 Å². The van der Waals surface area contributed by atoms with Crippen LogP contribution in [0.4, 0.5) is 4.79 Å². The zero-order valence-corrected chi connectivity index (χ0v) is 18.2. The lowest BCUT2D eigenvalue weighted by Gasteiger charge is -2.37. The number of likely N-dealkylation sites (tertiary alicyclic amines) is 1. The molecule has 2 heterocycles. The van der Waals surface area contributed by atoms with E-state index in [9.17, 15) is 19.6 Å². The predicted octanol–water partition coefficient (Wildman–Crippen LogP) is 2.83. The van der Waals surface area contributed by atoms with Crippen molar-refractivity contribution in [3.63, 3.8) is 0 Å². The lowest BCUT2D eigenvalue weighted by Crippen LogP contribution is -2.48. The Bertz CT molecular complexity index is 866. The van der Waals surface area contributed by atoms with Crippen LogP contribution in [0, 0.1) is 11.8 Å². The first-order valence-corrected chi connectivity index (χ1v) is 11.5. The molecule has 0 radical (unpaired) electrons. The predicted molar refractivity (Wildman–Crippen MR) is 117 cm³/mol. The Morgan fingerprint density at radius 3 is 2.38 bits per heavy atom. The van der Waals surface area contributed by atoms with Crippen molar-refractivity contribution in [3.8, 4) is 0 Å². The number of carbonyl (C=O) groups excluding carboxylic acids is 3. The summed E-state index contributed by atoms with van der Waals surface area (Å²) in [6.07, 6.45) is 5.21. The quantitative estimate of drug-likeness (QED) is 0.553. The number of carbonyl (C=O) groups is 3. The molecule has 32 heavy (non-hydrogen) atoms. The van der Waals surface area contributed by atoms with Gasteiger partial charge in [-0.05, 0) is 49.7 Å². The van der Waals surface area contributed by atoms with Gasteiger partial charge >= 0.3 is 6.09 Å². The molecule has 1 aromatic rings. The van der Waals surface area contributed by atoms with Gasteiger partial charge in [0.1, 0.15) is 6.10 Å². The van der Waals surface area contributed by atoms with E-state index < -0.39 is 23.8 Å². The lowest BCUT2D eigenvalue weighted by atomic mass is 9.76. The van der Waals surface area contributed by atoms with Crippen molar-refractivity contribution in [1.29, 1.82) is 0 Å². The monoisotopic (exact) mass is 441 g/mol. The summed E-state index contributed by atoms with van der Waals surface area (Å²) in [5.41, 5.74) is 4.09. The first kappa shape index (κ1) is 22.3. The maximum Gasteiger partial charge on any atom is 0.410 e. The van der Waals surface area contributed by atoms with Gasteiger partial charge in [0.25, 0.3) is 0 Å². The van der Waals surface area contributed by atoms with Gasteiger partial charge in [0.2, 0.25) is 11.8 Å². The topological polar surface area (TPSA) is 99.2 Å². The second-order valence-electron chi connectivity index (χ2n) is 8.83. The van der Waals surface area contributed by atoms with Crippen LogP contribution in [-0.2, 0) is 14.3 Å². The van der Waals surface area contributed by atoms with Crippen molar-refractivity contribution >= 4 is 23.5 Å². The van der Waals surface area contributed by atoms with E-state index in [4.69, 9.17) is 4.74 Å². The van der Waals surface area contributed by atoms with Gasteiger partial charge < -0.3 is 14.5 Å². The molecule has 3 unspecified atom stereocenters. The Labute approximate surface area is 188 Å². The molecule has 3 amide bonds. The highest BCUT2D eigenvalue weighted by Crippen LogP contribution is 2.35. The zero-order valence-electron chi connectivity index (χ0n) is 18.2. The summed E-state index contributed by atoms with van der Waals surface area (Å²) in [5, 5.41) is 9.25. The molecular weight excluding hydrogens is 410 g/mol. The number of hydrogen-bond acceptors (Lipinski definition) is 5. The summed E-state index contributed by atoms with van der Waals surface area (Å²) >= 11 is 0. The summed E-state index contributed by atoms with van der Waals surface area (Å²) in [4.78, 5) is 41.5. The van der Waals surface area contributed by atoms with Crippen LogP contribution in [0.25, 0.3) is 5.57 Å². The van der Waals surface area contributed by atoms with Crippen LogP contribution >= 0.6 is 0 Å². The van der Waals surface area contributed by atoms with Gasteiger partial charge in [-0.25, -0.2) is 10.3 Å². The van der Waals surface area contributed by atoms with Gasteiger partial charge in [-0.15, -0.1) is 0 Å². The van der Waals surface area contributed by atoms with Crippen LogP contribution in [0.1, 0.15) is 44.1 Å². The van der Waals surface area contributed by atoms with Crippen LogP contribution in [0.15, 0.2) is 36.4 Å². The number of nitrogens with one attached hydrogen (secondary N) is 1. The van der Waals surface area contributed by atoms with E-state index in [1.165, 1.54) is 5.57 Å². The van der Waals surface area contributed by atoms with E-state index in [-0.39, 0.29) is 18.4 Å². The van der Waals surface area contributed by atoms with Crippen molar-refractivity contribution < 1.29 is 24.3 Å². The third-order valence-electron chi connectivity index (χ3n) is 6.86. The molecule has 8 heteroatoms. The van der Waals surface area contributed by atoms with E-state index in [1.807, 2.05) is 18.2 Å². The molecule has 0 spiro atoms. The van der Waals surface area contributed by atoms with E-state index in [0.717, 1.165) is 24.8 Å². The molecule has 8 nitrogen and oxygen atoms in total. The highest BCUT2D eigenvalue weighted by Gasteiger charge is 2.42. The molecule has 1 aliphatic carbocycles. The molecule has 3 atom stereocenters. The fraction of sp³-hybridized carbons (Fsp3) is 0.542. The molecule has 2 fully saturated rings. The number of nitrogens with zero attached hydrogens (tertiary/aromatic N) is 2. The normalized spacial score (nSPS) is 25.8. The Hall–Kier alpha value is -2.87. The van der Waals surface area contributed by atoms with Gasteiger partial charge in [0, 0.05) is 26.2 Å². The first-order valence-electron chi connectivity index (χ1n) is 11.5. The first-order chi connectivity index (χ1) is 15.6. The van der Waals surface area contributed by atoms with Gasteiger partial charge in [-0.1, -0.05) is 36.4 Å². The number of rotatable bonds is 4. The van der Waals surface area contributed by atoms with Crippen LogP contribution in [0.5, 0.6) is 0 Å². The Morgan fingerprint density at radius 1 is 0.969 bits per heavy atom. The van der Waals surface area contributed by atoms with Crippen molar-refractivity contribution in [2.24, 2.45) is 11.8 Å². The molecule has 1 saturated heterocycles. The fourth-order valence-electron chi connectivity index (χ4n) is 5.04. The standard InChI is InChI=1S/C24H31N3O5/c28-22(25-31)21-16-19(32-24(30)27-12-4-5-13-27)8-9-20(21)23(29)26-14-10-18(11-15-26)17-6-2-1-3-7-17/h1-3,6-7,10,19-21,31H,4-5,8-9,11-16H2,(H,25,28). The van der Waals surface area contributed by atoms with Crippen LogP contribution in [-0.4, -0.2) is 65.2 Å². The second-order valence-corrected chi connectivity index (χ2v) is 8.83. The minimum Gasteiger partial charge on any atom is -0.446 e. The van der Waals surface area contributed by atoms with Crippen LogP contribution in [0.2, 0.25) is 0 Å². The van der Waals surface area contributed by atoms with Crippen molar-refractivity contribution in [1.82, 2.24) is 15.3 Å². The van der Waals surface area contributed by atoms with E-state index in [1.54, 1.807) is 15.3 Å². The number of amides is 3. The SMILES string of the molecule is O=C(NO)C1CC(OC(=O)N2CCCC2)CCC1C(=O)N1CC=C(c2ccccc2)CC1. The molecular formula is C24H31N3O5. The fourth-order valence-corrected chi connectivity index (χ4v) is 5.04. The molecule has 0 aromatic heterocycles. The van der Waals surface area contributed by atoms with E-state index in [2.05, 4.69) is 18.2 Å². The Kier molecular flexibility index (Phi) is 7.09. The molecule has 2 aliphatic heterocycles. The molecule has 0 bridgehead atoms. The van der Waals surface area contributed by atoms with Gasteiger partial charge in [0.05, 0.1) is 11.8 Å². The van der Waals surface area contributed by atoms with Gasteiger partial charge in [-0.2, -0.15) is 0 Å². The van der Waals surface area contributed by atoms with Crippen LogP contribution in [0.3, 0.4) is 0 Å². The van der Waals surface area contributed by atoms with E-state index >= 15 is 0 Å². The van der Waals surface area contributed by atoms with Gasteiger partial charge in [-0.3, -0.25) is 14.8 Å². The molecule has 3 aliphatic rings. The van der Waals surface area contributed by atoms with Gasteiger partial charge in [0.15, 0.2) is 0 Å². The van der Waals surface area contributed by atoms with Crippen molar-refractivity contribution in [2.75, 3.05) is 26.2 Å². The summed E-state index contributed by atoms with van der Waals surface area (Å²) in [7, 11) is 0. The largest absolute Gasteiger partial charge is 0.446 e. The molecule has 2 N–H and O–H groups in total. The second kappa shape index (κ2) is 10.2. The van der Waals surface area contributed by atoms with Crippen LogP contribution < -0.4 is 5.48 Å². The molecule has 172 valence electrons. The minimum absolute atomic E-state index is 0.0775. The Morgan fingerprint density at radius 2 is 1.72 bits per heavy atom. The average Bonchev–Trinajstić information content (AvgIpc) is 3.39. The molecule has 4 rings (SSSR count). The number of hydrogen-bond donors (Lipinski definition) is 2. The molecule has 1 aromatic carbocycles. The third-order valence-corrected chi connectivity index (χ3v) is 6.86. The number of ether oxygens (including phenoxy) is 1. The zero-order chi connectivity index (χ0) is 22.5. The third kappa shape index (κ3) is 4.96. The summed E-state index contributed by atoms with van der Waals surface area (Å²) in [5.74, 6) is -1.93. The minimum atomic E-state index is -0.725. The highest BCUT2D eigenvalue weighted by molar-refractivity contribution is 5.88. The smallest absolute Gasteiger partial charge is 0.410 e. The average molecular weight is 442 g/mol. The van der Waals surface area contributed by atoms with Crippen molar-refractivity contribution in [3.05, 3.63) is 42.0 Å². The maximum absolute atomic E-state index is 13.3. The maximum atomic E-state index is 13.3. The summed E-state index contributed by atoms with van der Waals surface area (Å²) in [6.45, 7) is 2.48. The Balaban J connectivity index is 1.38. The summed E-state index contributed by atoms with van der Waals surface area (Å²) < 4.78 is 5.63. The molecule has 1 saturated carbocycles. The number of hydroxylamine groups is 1.